The Morgan fingerprint density at radius 2 is 1.74 bits per heavy atom. The number of hydrogen-bond donors (Lipinski definition) is 1. The smallest absolute Gasteiger partial charge is 0.237 e. The van der Waals surface area contributed by atoms with Crippen LogP contribution in [0.15, 0.2) is 24.3 Å². The number of hydrogen-bond acceptors (Lipinski definition) is 3. The van der Waals surface area contributed by atoms with Crippen molar-refractivity contribution in [3.05, 3.63) is 34.9 Å². The van der Waals surface area contributed by atoms with E-state index < -0.39 is 0 Å². The van der Waals surface area contributed by atoms with Crippen molar-refractivity contribution in [2.75, 3.05) is 13.1 Å². The summed E-state index contributed by atoms with van der Waals surface area (Å²) in [5.41, 5.74) is 0.729. The molecular weight excluding hydrogens is 312 g/mol. The zero-order valence-electron chi connectivity index (χ0n) is 13.4. The first-order chi connectivity index (χ1) is 11.0. The Kier molecular flexibility index (Phi) is 5.02. The Morgan fingerprint density at radius 1 is 1.13 bits per heavy atom. The molecule has 1 aliphatic heterocycles. The van der Waals surface area contributed by atoms with Gasteiger partial charge in [-0.05, 0) is 70.0 Å². The van der Waals surface area contributed by atoms with Crippen LogP contribution in [0.2, 0.25) is 5.02 Å². The maximum Gasteiger partial charge on any atom is 0.237 e. The molecule has 1 saturated heterocycles. The average Bonchev–Trinajstić information content (AvgIpc) is 3.38. The quantitative estimate of drug-likeness (QED) is 0.842. The van der Waals surface area contributed by atoms with E-state index in [1.165, 1.54) is 0 Å². The summed E-state index contributed by atoms with van der Waals surface area (Å²) in [7, 11) is 0. The third-order valence-corrected chi connectivity index (χ3v) is 5.13. The lowest BCUT2D eigenvalue weighted by Gasteiger charge is -2.34. The molecule has 5 heteroatoms. The molecule has 0 spiro atoms. The predicted molar refractivity (Wildman–Crippen MR) is 90.7 cm³/mol. The highest BCUT2D eigenvalue weighted by atomic mass is 35.5. The Morgan fingerprint density at radius 3 is 2.30 bits per heavy atom. The average molecular weight is 335 g/mol. The molecule has 1 saturated carbocycles. The van der Waals surface area contributed by atoms with Crippen LogP contribution < -0.4 is 5.32 Å². The van der Waals surface area contributed by atoms with Crippen molar-refractivity contribution >= 4 is 23.3 Å². The van der Waals surface area contributed by atoms with E-state index in [4.69, 9.17) is 11.6 Å². The van der Waals surface area contributed by atoms with Gasteiger partial charge in [0.25, 0.3) is 0 Å². The number of nitrogens with one attached hydrogen (secondary N) is 1. The molecule has 124 valence electrons. The summed E-state index contributed by atoms with van der Waals surface area (Å²) in [6, 6.07) is 7.39. The van der Waals surface area contributed by atoms with E-state index in [0.717, 1.165) is 44.3 Å². The minimum atomic E-state index is -0.109. The molecule has 1 unspecified atom stereocenters. The van der Waals surface area contributed by atoms with Gasteiger partial charge >= 0.3 is 0 Å². The minimum absolute atomic E-state index is 0.0473. The first kappa shape index (κ1) is 16.5. The zero-order chi connectivity index (χ0) is 16.4. The van der Waals surface area contributed by atoms with Gasteiger partial charge in [0.2, 0.25) is 5.91 Å². The van der Waals surface area contributed by atoms with Gasteiger partial charge in [-0.1, -0.05) is 11.6 Å². The second-order valence-electron chi connectivity index (χ2n) is 6.64. The number of halogens is 1. The molecule has 0 radical (unpaired) electrons. The van der Waals surface area contributed by atoms with E-state index in [2.05, 4.69) is 10.2 Å². The van der Waals surface area contributed by atoms with Gasteiger partial charge in [-0.2, -0.15) is 0 Å². The summed E-state index contributed by atoms with van der Waals surface area (Å²) >= 11 is 5.87. The van der Waals surface area contributed by atoms with Crippen LogP contribution in [0, 0.1) is 5.92 Å². The minimum Gasteiger partial charge on any atom is -0.352 e. The fourth-order valence-electron chi connectivity index (χ4n) is 3.11. The van der Waals surface area contributed by atoms with Crippen molar-refractivity contribution in [2.24, 2.45) is 5.92 Å². The van der Waals surface area contributed by atoms with E-state index >= 15 is 0 Å². The van der Waals surface area contributed by atoms with Gasteiger partial charge < -0.3 is 5.32 Å². The number of ketones is 1. The van der Waals surface area contributed by atoms with Crippen LogP contribution in [-0.2, 0) is 4.79 Å². The number of benzene rings is 1. The normalized spacial score (nSPS) is 21.0. The van der Waals surface area contributed by atoms with E-state index in [0.29, 0.717) is 11.1 Å². The predicted octanol–water partition coefficient (Wildman–Crippen LogP) is 2.90. The molecule has 2 fully saturated rings. The maximum absolute atomic E-state index is 12.5. The lowest BCUT2D eigenvalue weighted by molar-refractivity contribution is -0.126. The molecule has 0 aromatic heterocycles. The van der Waals surface area contributed by atoms with Crippen molar-refractivity contribution in [3.8, 4) is 0 Å². The molecule has 1 aromatic rings. The highest BCUT2D eigenvalue weighted by molar-refractivity contribution is 6.30. The summed E-state index contributed by atoms with van der Waals surface area (Å²) in [5.74, 6) is 0.359. The van der Waals surface area contributed by atoms with Gasteiger partial charge in [-0.15, -0.1) is 0 Å². The maximum atomic E-state index is 12.5. The van der Waals surface area contributed by atoms with Crippen LogP contribution in [0.25, 0.3) is 0 Å². The molecule has 1 aliphatic carbocycles. The molecular formula is C18H23ClN2O2. The molecule has 1 aromatic carbocycles. The summed E-state index contributed by atoms with van der Waals surface area (Å²) in [5, 5.41) is 3.70. The van der Waals surface area contributed by atoms with Crippen molar-refractivity contribution in [3.63, 3.8) is 0 Å². The van der Waals surface area contributed by atoms with E-state index in [1.807, 2.05) is 6.92 Å². The second kappa shape index (κ2) is 7.02. The number of rotatable bonds is 5. The van der Waals surface area contributed by atoms with Gasteiger partial charge in [0.1, 0.15) is 0 Å². The Labute approximate surface area is 142 Å². The van der Waals surface area contributed by atoms with Crippen LogP contribution >= 0.6 is 11.6 Å². The van der Waals surface area contributed by atoms with Crippen molar-refractivity contribution < 1.29 is 9.59 Å². The van der Waals surface area contributed by atoms with Crippen LogP contribution in [0.5, 0.6) is 0 Å². The zero-order valence-corrected chi connectivity index (χ0v) is 14.2. The first-order valence-corrected chi connectivity index (χ1v) is 8.76. The van der Waals surface area contributed by atoms with Gasteiger partial charge in [0.15, 0.2) is 5.78 Å². The number of amides is 1. The third-order valence-electron chi connectivity index (χ3n) is 4.88. The number of likely N-dealkylation sites (tertiary alicyclic amines) is 1. The third kappa shape index (κ3) is 4.12. The standard InChI is InChI=1S/C18H23ClN2O2/c1-12(18(23)20-16-6-7-16)21-10-8-14(9-11-21)17(22)13-2-4-15(19)5-3-13/h2-5,12,14,16H,6-11H2,1H3,(H,20,23). The number of piperidine rings is 1. The molecule has 0 bridgehead atoms. The topological polar surface area (TPSA) is 49.4 Å². The highest BCUT2D eigenvalue weighted by Crippen LogP contribution is 2.24. The molecule has 1 N–H and O–H groups in total. The van der Waals surface area contributed by atoms with Crippen LogP contribution in [0.3, 0.4) is 0 Å². The first-order valence-electron chi connectivity index (χ1n) is 8.39. The summed E-state index contributed by atoms with van der Waals surface area (Å²) in [6.45, 7) is 3.55. The molecule has 23 heavy (non-hydrogen) atoms. The van der Waals surface area contributed by atoms with Crippen molar-refractivity contribution in [1.29, 1.82) is 0 Å². The number of Topliss-reactive ketones (excluding diaryl/α,β-unsaturated/α-hetero) is 1. The molecule has 1 amide bonds. The molecule has 4 nitrogen and oxygen atoms in total. The van der Waals surface area contributed by atoms with E-state index in [-0.39, 0.29) is 23.7 Å². The van der Waals surface area contributed by atoms with Crippen LogP contribution in [0.1, 0.15) is 43.0 Å². The second-order valence-corrected chi connectivity index (χ2v) is 7.08. The number of carbonyl (C=O) groups is 2. The molecule has 1 atom stereocenters. The molecule has 1 heterocycles. The highest BCUT2D eigenvalue weighted by Gasteiger charge is 2.32. The SMILES string of the molecule is CC(C(=O)NC1CC1)N1CCC(C(=O)c2ccc(Cl)cc2)CC1. The lowest BCUT2D eigenvalue weighted by Crippen LogP contribution is -2.49. The van der Waals surface area contributed by atoms with Crippen molar-refractivity contribution in [2.45, 2.75) is 44.7 Å². The van der Waals surface area contributed by atoms with Gasteiger partial charge in [-0.25, -0.2) is 0 Å². The summed E-state index contributed by atoms with van der Waals surface area (Å²) in [4.78, 5) is 26.8. The fraction of sp³-hybridized carbons (Fsp3) is 0.556. The summed E-state index contributed by atoms with van der Waals surface area (Å²) < 4.78 is 0. The van der Waals surface area contributed by atoms with Gasteiger partial charge in [-0.3, -0.25) is 14.5 Å². The monoisotopic (exact) mass is 334 g/mol. The van der Waals surface area contributed by atoms with E-state index in [9.17, 15) is 9.59 Å². The fourth-order valence-corrected chi connectivity index (χ4v) is 3.24. The summed E-state index contributed by atoms with van der Waals surface area (Å²) in [6.07, 6.45) is 3.83. The Bertz CT molecular complexity index is 575. The molecule has 3 rings (SSSR count). The van der Waals surface area contributed by atoms with Gasteiger partial charge in [0, 0.05) is 22.5 Å². The Balaban J connectivity index is 1.52. The largest absolute Gasteiger partial charge is 0.352 e. The van der Waals surface area contributed by atoms with Crippen molar-refractivity contribution in [1.82, 2.24) is 10.2 Å². The Hall–Kier alpha value is -1.39. The van der Waals surface area contributed by atoms with Crippen LogP contribution in [0.4, 0.5) is 0 Å². The van der Waals surface area contributed by atoms with E-state index in [1.54, 1.807) is 24.3 Å². The number of carbonyl (C=O) groups excluding carboxylic acids is 2. The lowest BCUT2D eigenvalue weighted by atomic mass is 9.88. The molecule has 2 aliphatic rings. The number of nitrogens with zero attached hydrogens (tertiary/aromatic N) is 1. The van der Waals surface area contributed by atoms with Gasteiger partial charge in [0.05, 0.1) is 6.04 Å². The van der Waals surface area contributed by atoms with Crippen LogP contribution in [-0.4, -0.2) is 41.8 Å².